The summed E-state index contributed by atoms with van der Waals surface area (Å²) in [7, 11) is 0. The molecule has 3 heterocycles. The zero-order chi connectivity index (χ0) is 22.7. The van der Waals surface area contributed by atoms with Crippen molar-refractivity contribution in [1.82, 2.24) is 4.90 Å². The lowest BCUT2D eigenvalue weighted by Crippen LogP contribution is -2.50. The average Bonchev–Trinajstić information content (AvgIpc) is 3.21. The lowest BCUT2D eigenvalue weighted by atomic mass is 9.73. The van der Waals surface area contributed by atoms with Crippen LogP contribution in [0.2, 0.25) is 0 Å². The molecule has 0 radical (unpaired) electrons. The van der Waals surface area contributed by atoms with Crippen LogP contribution in [0.15, 0.2) is 59.2 Å². The van der Waals surface area contributed by atoms with E-state index in [1.165, 1.54) is 11.6 Å². The minimum Gasteiger partial charge on any atom is -0.464 e. The highest BCUT2D eigenvalue weighted by Gasteiger charge is 2.43. The molecule has 0 aliphatic carbocycles. The van der Waals surface area contributed by atoms with Gasteiger partial charge in [0.15, 0.2) is 0 Å². The molecule has 3 aromatic rings. The summed E-state index contributed by atoms with van der Waals surface area (Å²) in [6.07, 6.45) is 4.14. The zero-order valence-electron chi connectivity index (χ0n) is 18.8. The van der Waals surface area contributed by atoms with Crippen molar-refractivity contribution in [3.05, 3.63) is 71.7 Å². The summed E-state index contributed by atoms with van der Waals surface area (Å²) in [5, 5.41) is 1.11. The smallest absolute Gasteiger partial charge is 0.229 e. The van der Waals surface area contributed by atoms with Crippen LogP contribution in [0.5, 0.6) is 0 Å². The first-order valence-corrected chi connectivity index (χ1v) is 11.8. The van der Waals surface area contributed by atoms with Crippen LogP contribution in [0.3, 0.4) is 0 Å². The van der Waals surface area contributed by atoms with Crippen LogP contribution in [0, 0.1) is 17.2 Å². The number of fused-ring (bicyclic) bond motifs is 1. The molecule has 2 saturated heterocycles. The Kier molecular flexibility index (Phi) is 6.47. The van der Waals surface area contributed by atoms with Gasteiger partial charge in [0.05, 0.1) is 24.9 Å². The average molecular weight is 452 g/mol. The van der Waals surface area contributed by atoms with E-state index in [-0.39, 0.29) is 17.6 Å². The molecule has 33 heavy (non-hydrogen) atoms. The quantitative estimate of drug-likeness (QED) is 0.568. The molecule has 1 aromatic heterocycles. The lowest BCUT2D eigenvalue weighted by Gasteiger charge is -2.40. The Labute approximate surface area is 193 Å². The highest BCUT2D eigenvalue weighted by molar-refractivity contribution is 5.83. The topological polar surface area (TPSA) is 51.9 Å². The van der Waals surface area contributed by atoms with E-state index in [4.69, 9.17) is 13.9 Å². The van der Waals surface area contributed by atoms with Gasteiger partial charge >= 0.3 is 0 Å². The van der Waals surface area contributed by atoms with Crippen LogP contribution < -0.4 is 0 Å². The van der Waals surface area contributed by atoms with E-state index >= 15 is 0 Å². The molecule has 0 bridgehead atoms. The SMILES string of the molecule is O=C(N1CCOC[C@H](Cc2cccc3occc23)C1)C1(Cc2ccccc2F)CCOCC1. The van der Waals surface area contributed by atoms with Crippen LogP contribution in [-0.4, -0.2) is 50.3 Å². The van der Waals surface area contributed by atoms with Gasteiger partial charge in [-0.1, -0.05) is 30.3 Å². The van der Waals surface area contributed by atoms with Crippen LogP contribution in [0.25, 0.3) is 11.0 Å². The fourth-order valence-corrected chi connectivity index (χ4v) is 5.30. The van der Waals surface area contributed by atoms with E-state index in [2.05, 4.69) is 6.07 Å². The molecular formula is C27H30FNO4. The van der Waals surface area contributed by atoms with Gasteiger partial charge in [-0.15, -0.1) is 0 Å². The molecule has 0 saturated carbocycles. The molecule has 6 heteroatoms. The predicted octanol–water partition coefficient (Wildman–Crippen LogP) is 4.63. The molecule has 2 aromatic carbocycles. The summed E-state index contributed by atoms with van der Waals surface area (Å²) in [5.74, 6) is 0.0369. The maximum atomic E-state index is 14.5. The number of rotatable bonds is 5. The number of hydrogen-bond donors (Lipinski definition) is 0. The van der Waals surface area contributed by atoms with Crippen molar-refractivity contribution >= 4 is 16.9 Å². The van der Waals surface area contributed by atoms with E-state index in [9.17, 15) is 9.18 Å². The second kappa shape index (κ2) is 9.65. The van der Waals surface area contributed by atoms with Gasteiger partial charge in [0.2, 0.25) is 5.91 Å². The normalized spacial score (nSPS) is 21.1. The van der Waals surface area contributed by atoms with Crippen molar-refractivity contribution in [2.45, 2.75) is 25.7 Å². The van der Waals surface area contributed by atoms with Crippen LogP contribution in [0.4, 0.5) is 4.39 Å². The molecule has 0 spiro atoms. The second-order valence-corrected chi connectivity index (χ2v) is 9.31. The van der Waals surface area contributed by atoms with Gasteiger partial charge in [-0.25, -0.2) is 4.39 Å². The number of halogens is 1. The maximum absolute atomic E-state index is 14.5. The van der Waals surface area contributed by atoms with Crippen LogP contribution in [0.1, 0.15) is 24.0 Å². The maximum Gasteiger partial charge on any atom is 0.229 e. The Morgan fingerprint density at radius 1 is 1.00 bits per heavy atom. The molecular weight excluding hydrogens is 421 g/mol. The minimum absolute atomic E-state index is 0.103. The predicted molar refractivity (Wildman–Crippen MR) is 123 cm³/mol. The molecule has 2 fully saturated rings. The van der Waals surface area contributed by atoms with Gasteiger partial charge in [0.1, 0.15) is 11.4 Å². The summed E-state index contributed by atoms with van der Waals surface area (Å²) in [4.78, 5) is 15.9. The Bertz CT molecular complexity index is 1100. The van der Waals surface area contributed by atoms with Gasteiger partial charge < -0.3 is 18.8 Å². The van der Waals surface area contributed by atoms with Crippen molar-refractivity contribution in [3.8, 4) is 0 Å². The number of ether oxygens (including phenoxy) is 2. The largest absolute Gasteiger partial charge is 0.464 e. The van der Waals surface area contributed by atoms with Crippen molar-refractivity contribution < 1.29 is 23.1 Å². The summed E-state index contributed by atoms with van der Waals surface area (Å²) >= 11 is 0. The van der Waals surface area contributed by atoms with Crippen molar-refractivity contribution in [2.24, 2.45) is 11.3 Å². The van der Waals surface area contributed by atoms with Crippen LogP contribution in [-0.2, 0) is 27.1 Å². The number of nitrogens with zero attached hydrogens (tertiary/aromatic N) is 1. The van der Waals surface area contributed by atoms with E-state index in [1.807, 2.05) is 29.2 Å². The number of carbonyl (C=O) groups excluding carboxylic acids is 1. The third-order valence-electron chi connectivity index (χ3n) is 7.11. The van der Waals surface area contributed by atoms with Gasteiger partial charge in [0.25, 0.3) is 0 Å². The molecule has 1 amide bonds. The molecule has 174 valence electrons. The summed E-state index contributed by atoms with van der Waals surface area (Å²) in [6, 6.07) is 14.9. The van der Waals surface area contributed by atoms with Crippen LogP contribution >= 0.6 is 0 Å². The first-order valence-electron chi connectivity index (χ1n) is 11.8. The summed E-state index contributed by atoms with van der Waals surface area (Å²) < 4.78 is 31.6. The molecule has 1 atom stereocenters. The first-order chi connectivity index (χ1) is 16.1. The van der Waals surface area contributed by atoms with Gasteiger partial charge in [-0.2, -0.15) is 0 Å². The fourth-order valence-electron chi connectivity index (χ4n) is 5.30. The van der Waals surface area contributed by atoms with Crippen molar-refractivity contribution in [1.29, 1.82) is 0 Å². The number of furan rings is 1. The third kappa shape index (κ3) is 4.68. The van der Waals surface area contributed by atoms with E-state index in [0.29, 0.717) is 64.3 Å². The van der Waals surface area contributed by atoms with Gasteiger partial charge in [-0.3, -0.25) is 4.79 Å². The van der Waals surface area contributed by atoms with Gasteiger partial charge in [0, 0.05) is 37.6 Å². The van der Waals surface area contributed by atoms with Crippen molar-refractivity contribution in [3.63, 3.8) is 0 Å². The zero-order valence-corrected chi connectivity index (χ0v) is 18.8. The van der Waals surface area contributed by atoms with E-state index < -0.39 is 5.41 Å². The monoisotopic (exact) mass is 451 g/mol. The number of amides is 1. The Balaban J connectivity index is 1.37. The second-order valence-electron chi connectivity index (χ2n) is 9.31. The van der Waals surface area contributed by atoms with E-state index in [1.54, 1.807) is 18.4 Å². The molecule has 2 aliphatic rings. The lowest BCUT2D eigenvalue weighted by molar-refractivity contribution is -0.148. The minimum atomic E-state index is -0.639. The van der Waals surface area contributed by atoms with E-state index in [0.717, 1.165) is 17.4 Å². The molecule has 0 N–H and O–H groups in total. The number of hydrogen-bond acceptors (Lipinski definition) is 4. The van der Waals surface area contributed by atoms with Gasteiger partial charge in [-0.05, 0) is 55.0 Å². The molecule has 5 nitrogen and oxygen atoms in total. The molecule has 5 rings (SSSR count). The highest BCUT2D eigenvalue weighted by Crippen LogP contribution is 2.38. The molecule has 0 unspecified atom stereocenters. The fraction of sp³-hybridized carbons (Fsp3) is 0.444. The number of benzene rings is 2. The molecule has 2 aliphatic heterocycles. The standard InChI is InChI=1S/C27H30FNO4/c28-24-6-2-1-4-22(24)17-27(9-13-31-14-10-27)26(30)29-11-15-32-19-20(18-29)16-21-5-3-7-25-23(21)8-12-33-25/h1-8,12,20H,9-11,13-19H2/t20-/m1/s1. The third-order valence-corrected chi connectivity index (χ3v) is 7.11. The van der Waals surface area contributed by atoms with Crippen molar-refractivity contribution in [2.75, 3.05) is 39.5 Å². The Morgan fingerprint density at radius 3 is 2.67 bits per heavy atom. The highest BCUT2D eigenvalue weighted by atomic mass is 19.1. The first kappa shape index (κ1) is 22.1. The summed E-state index contributed by atoms with van der Waals surface area (Å²) in [5.41, 5.74) is 2.04. The number of carbonyl (C=O) groups is 1. The Morgan fingerprint density at radius 2 is 1.82 bits per heavy atom. The summed E-state index contributed by atoms with van der Waals surface area (Å²) in [6.45, 7) is 3.37. The Hall–Kier alpha value is -2.70.